The second kappa shape index (κ2) is 14.3. The molecule has 0 N–H and O–H groups in total. The number of hydrogen-bond acceptors (Lipinski definition) is 4. The molecule has 10 aromatic carbocycles. The van der Waals surface area contributed by atoms with E-state index in [1.807, 2.05) is 24.3 Å². The minimum atomic E-state index is 0.555. The van der Waals surface area contributed by atoms with Gasteiger partial charge in [-0.05, 0) is 96.0 Å². The summed E-state index contributed by atoms with van der Waals surface area (Å²) in [6, 6.07) is 74.8. The van der Waals surface area contributed by atoms with Gasteiger partial charge in [0.1, 0.15) is 11.2 Å². The van der Waals surface area contributed by atoms with E-state index in [0.717, 1.165) is 66.1 Å². The molecule has 0 aliphatic heterocycles. The molecule has 2 heterocycles. The van der Waals surface area contributed by atoms with Crippen molar-refractivity contribution in [2.45, 2.75) is 0 Å². The number of nitrogens with zero attached hydrogens (tertiary/aromatic N) is 3. The van der Waals surface area contributed by atoms with E-state index in [-0.39, 0.29) is 0 Å². The van der Waals surface area contributed by atoms with Gasteiger partial charge in [-0.25, -0.2) is 15.0 Å². The maximum atomic E-state index is 6.53. The van der Waals surface area contributed by atoms with E-state index in [2.05, 4.69) is 188 Å². The predicted molar refractivity (Wildman–Crippen MR) is 252 cm³/mol. The SMILES string of the molecule is c1ccc(-c2ccc3ccc(-c4ccc5cccc(-c6nc(-c7ccc(-c8cccc9ccccc89)cc7)nc(-c7cccc8c7oc7ccccc78)n6)c5c4)cc3c2)cc1. The van der Waals surface area contributed by atoms with Crippen molar-refractivity contribution in [3.05, 3.63) is 212 Å². The summed E-state index contributed by atoms with van der Waals surface area (Å²) in [7, 11) is 0. The van der Waals surface area contributed by atoms with Gasteiger partial charge < -0.3 is 4.42 Å². The molecule has 0 unspecified atom stereocenters. The summed E-state index contributed by atoms with van der Waals surface area (Å²) in [5, 5.41) is 9.10. The quantitative estimate of drug-likeness (QED) is 0.169. The smallest absolute Gasteiger partial charge is 0.167 e. The van der Waals surface area contributed by atoms with Gasteiger partial charge in [0.05, 0.1) is 5.56 Å². The summed E-state index contributed by atoms with van der Waals surface area (Å²) in [4.78, 5) is 15.7. The summed E-state index contributed by atoms with van der Waals surface area (Å²) < 4.78 is 6.53. The van der Waals surface area contributed by atoms with Gasteiger partial charge >= 0.3 is 0 Å². The minimum Gasteiger partial charge on any atom is -0.455 e. The highest BCUT2D eigenvalue weighted by molar-refractivity contribution is 6.09. The lowest BCUT2D eigenvalue weighted by Crippen LogP contribution is -2.01. The second-order valence-electron chi connectivity index (χ2n) is 15.6. The van der Waals surface area contributed by atoms with Crippen molar-refractivity contribution < 1.29 is 4.42 Å². The maximum Gasteiger partial charge on any atom is 0.167 e. The third-order valence-electron chi connectivity index (χ3n) is 11.9. The van der Waals surface area contributed by atoms with Crippen LogP contribution in [0, 0.1) is 0 Å². The molecule has 0 atom stereocenters. The number of benzene rings is 10. The first-order valence-corrected chi connectivity index (χ1v) is 20.6. The van der Waals surface area contributed by atoms with Crippen LogP contribution in [0.3, 0.4) is 0 Å². The summed E-state index contributed by atoms with van der Waals surface area (Å²) in [5.41, 5.74) is 11.2. The Morgan fingerprint density at radius 3 is 1.59 bits per heavy atom. The molecule has 4 heteroatoms. The number of furan rings is 1. The molecule has 0 spiro atoms. The van der Waals surface area contributed by atoms with Crippen LogP contribution >= 0.6 is 0 Å². The number of para-hydroxylation sites is 2. The highest BCUT2D eigenvalue weighted by Gasteiger charge is 2.19. The average Bonchev–Trinajstić information content (AvgIpc) is 3.72. The molecule has 0 bridgehead atoms. The lowest BCUT2D eigenvalue weighted by molar-refractivity contribution is 0.669. The lowest BCUT2D eigenvalue weighted by Gasteiger charge is -2.12. The first kappa shape index (κ1) is 34.8. The van der Waals surface area contributed by atoms with Gasteiger partial charge in [-0.3, -0.25) is 0 Å². The van der Waals surface area contributed by atoms with Crippen molar-refractivity contribution in [1.29, 1.82) is 0 Å². The first-order valence-electron chi connectivity index (χ1n) is 20.6. The molecule has 61 heavy (non-hydrogen) atoms. The van der Waals surface area contributed by atoms with Crippen LogP contribution in [0.15, 0.2) is 217 Å². The van der Waals surface area contributed by atoms with Gasteiger partial charge in [-0.1, -0.05) is 182 Å². The van der Waals surface area contributed by atoms with E-state index >= 15 is 0 Å². The third-order valence-corrected chi connectivity index (χ3v) is 11.9. The van der Waals surface area contributed by atoms with Crippen molar-refractivity contribution >= 4 is 54.3 Å². The molecule has 0 fully saturated rings. The van der Waals surface area contributed by atoms with Gasteiger partial charge in [0.15, 0.2) is 17.5 Å². The highest BCUT2D eigenvalue weighted by atomic mass is 16.3. The molecule has 0 aliphatic rings. The zero-order valence-corrected chi connectivity index (χ0v) is 33.0. The molecule has 12 rings (SSSR count). The van der Waals surface area contributed by atoms with Crippen LogP contribution in [-0.4, -0.2) is 15.0 Å². The standard InChI is InChI=1S/C57H35N3O/c1-2-11-36(12-3-1)42-30-23-37-24-31-43(34-45(37)33-42)44-32-27-39-15-9-20-50(52(39)35-44)56-58-55(41-28-25-40(26-29-41)47-18-8-14-38-13-4-5-16-46(38)47)59-57(60-56)51-21-10-19-49-48-17-6-7-22-53(48)61-54(49)51/h1-35H. The zero-order chi connectivity index (χ0) is 40.3. The highest BCUT2D eigenvalue weighted by Crippen LogP contribution is 2.38. The van der Waals surface area contributed by atoms with Crippen molar-refractivity contribution in [3.8, 4) is 67.5 Å². The molecule has 12 aromatic rings. The fourth-order valence-corrected chi connectivity index (χ4v) is 8.83. The fourth-order valence-electron chi connectivity index (χ4n) is 8.83. The van der Waals surface area contributed by atoms with Crippen LogP contribution in [0.1, 0.15) is 0 Å². The summed E-state index contributed by atoms with van der Waals surface area (Å²) in [6.07, 6.45) is 0. The molecule has 2 aromatic heterocycles. The van der Waals surface area contributed by atoms with Crippen LogP contribution in [0.4, 0.5) is 0 Å². The van der Waals surface area contributed by atoms with Gasteiger partial charge in [0.2, 0.25) is 0 Å². The van der Waals surface area contributed by atoms with Crippen molar-refractivity contribution in [2.24, 2.45) is 0 Å². The van der Waals surface area contributed by atoms with Crippen molar-refractivity contribution in [1.82, 2.24) is 15.0 Å². The van der Waals surface area contributed by atoms with E-state index in [1.54, 1.807) is 0 Å². The van der Waals surface area contributed by atoms with E-state index in [4.69, 9.17) is 19.4 Å². The van der Waals surface area contributed by atoms with Crippen molar-refractivity contribution in [2.75, 3.05) is 0 Å². The molecule has 0 aliphatic carbocycles. The Morgan fingerprint density at radius 2 is 0.787 bits per heavy atom. The van der Waals surface area contributed by atoms with Crippen LogP contribution in [0.5, 0.6) is 0 Å². The molecule has 0 saturated carbocycles. The topological polar surface area (TPSA) is 51.8 Å². The monoisotopic (exact) mass is 777 g/mol. The fraction of sp³-hybridized carbons (Fsp3) is 0. The van der Waals surface area contributed by atoms with Crippen LogP contribution in [0.2, 0.25) is 0 Å². The predicted octanol–water partition coefficient (Wildman–Crippen LogP) is 15.2. The van der Waals surface area contributed by atoms with Crippen LogP contribution in [-0.2, 0) is 0 Å². The van der Waals surface area contributed by atoms with Crippen LogP contribution < -0.4 is 0 Å². The molecule has 284 valence electrons. The Bertz CT molecular complexity index is 3640. The lowest BCUT2D eigenvalue weighted by atomic mass is 9.95. The molecular weight excluding hydrogens is 743 g/mol. The molecule has 0 radical (unpaired) electrons. The Balaban J connectivity index is 1.01. The van der Waals surface area contributed by atoms with Crippen molar-refractivity contribution in [3.63, 3.8) is 0 Å². The Labute approximate surface area is 352 Å². The van der Waals surface area contributed by atoms with Gasteiger partial charge in [0, 0.05) is 21.9 Å². The number of aromatic nitrogens is 3. The minimum absolute atomic E-state index is 0.555. The molecular formula is C57H35N3O. The zero-order valence-electron chi connectivity index (χ0n) is 33.0. The Hall–Kier alpha value is -8.21. The Morgan fingerprint density at radius 1 is 0.262 bits per heavy atom. The maximum absolute atomic E-state index is 6.53. The molecule has 0 saturated heterocycles. The average molecular weight is 778 g/mol. The third kappa shape index (κ3) is 6.12. The normalized spacial score (nSPS) is 11.6. The van der Waals surface area contributed by atoms with E-state index in [1.165, 1.54) is 38.2 Å². The summed E-state index contributed by atoms with van der Waals surface area (Å²) in [5.74, 6) is 1.74. The Kier molecular flexibility index (Phi) is 8.13. The first-order chi connectivity index (χ1) is 30.2. The number of hydrogen-bond donors (Lipinski definition) is 0. The van der Waals surface area contributed by atoms with Gasteiger partial charge in [0.25, 0.3) is 0 Å². The summed E-state index contributed by atoms with van der Waals surface area (Å²) in [6.45, 7) is 0. The molecule has 4 nitrogen and oxygen atoms in total. The second-order valence-corrected chi connectivity index (χ2v) is 15.6. The van der Waals surface area contributed by atoms with E-state index in [0.29, 0.717) is 17.5 Å². The van der Waals surface area contributed by atoms with Gasteiger partial charge in [-0.15, -0.1) is 0 Å². The van der Waals surface area contributed by atoms with Gasteiger partial charge in [-0.2, -0.15) is 0 Å². The summed E-state index contributed by atoms with van der Waals surface area (Å²) >= 11 is 0. The number of rotatable bonds is 6. The van der Waals surface area contributed by atoms with E-state index in [9.17, 15) is 0 Å². The largest absolute Gasteiger partial charge is 0.455 e. The van der Waals surface area contributed by atoms with E-state index < -0.39 is 0 Å². The van der Waals surface area contributed by atoms with Crippen LogP contribution in [0.25, 0.3) is 122 Å². The molecule has 0 amide bonds. The number of fused-ring (bicyclic) bond motifs is 6.